The van der Waals surface area contributed by atoms with Crippen molar-refractivity contribution in [1.29, 1.82) is 0 Å². The molecule has 0 amide bonds. The summed E-state index contributed by atoms with van der Waals surface area (Å²) in [6, 6.07) is 64.9. The highest BCUT2D eigenvalue weighted by Gasteiger charge is 2.20. The standard InChI is InChI=1S/C48H30N4/c1-3-14-32(15-4-1)46-39-20-9-11-21-42(39)49-48(50-46)33-23-26-35(27-24-33)52-45-29-40-37-19-10-12-22-43(37)51(34-16-5-2-6-17-34)44(40)30-41(45)38-28-25-31-13-7-8-18-36(31)47(38)52/h1-30H. The molecule has 0 aliphatic rings. The molecule has 4 nitrogen and oxygen atoms in total. The topological polar surface area (TPSA) is 35.6 Å². The SMILES string of the molecule is c1ccc(-c2nc(-c3ccc(-n4c5cc6c7ccccc7n(-c7ccccc7)c6cc5c5ccc6ccccc6c54)cc3)nc3ccccc23)cc1. The molecule has 52 heavy (non-hydrogen) atoms. The second-order valence-electron chi connectivity index (χ2n) is 13.4. The molecular weight excluding hydrogens is 633 g/mol. The summed E-state index contributed by atoms with van der Waals surface area (Å²) in [5.74, 6) is 0.715. The highest BCUT2D eigenvalue weighted by molar-refractivity contribution is 6.23. The lowest BCUT2D eigenvalue weighted by Crippen LogP contribution is -1.97. The average molecular weight is 663 g/mol. The normalized spacial score (nSPS) is 11.8. The second-order valence-corrected chi connectivity index (χ2v) is 13.4. The molecule has 0 N–H and O–H groups in total. The first-order chi connectivity index (χ1) is 25.8. The third kappa shape index (κ3) is 4.28. The van der Waals surface area contributed by atoms with Gasteiger partial charge in [0, 0.05) is 54.8 Å². The molecule has 0 atom stereocenters. The van der Waals surface area contributed by atoms with Gasteiger partial charge >= 0.3 is 0 Å². The monoisotopic (exact) mass is 662 g/mol. The van der Waals surface area contributed by atoms with Gasteiger partial charge in [0.05, 0.1) is 33.3 Å². The highest BCUT2D eigenvalue weighted by Crippen LogP contribution is 2.42. The summed E-state index contributed by atoms with van der Waals surface area (Å²) in [6.07, 6.45) is 0. The van der Waals surface area contributed by atoms with Crippen LogP contribution in [0.1, 0.15) is 0 Å². The first-order valence-corrected chi connectivity index (χ1v) is 17.7. The Bertz CT molecular complexity index is 3160. The van der Waals surface area contributed by atoms with Crippen molar-refractivity contribution < 1.29 is 0 Å². The summed E-state index contributed by atoms with van der Waals surface area (Å²) in [6.45, 7) is 0. The van der Waals surface area contributed by atoms with Crippen molar-refractivity contribution in [3.05, 3.63) is 182 Å². The lowest BCUT2D eigenvalue weighted by molar-refractivity contribution is 1.17. The Morgan fingerprint density at radius 3 is 1.77 bits per heavy atom. The zero-order valence-corrected chi connectivity index (χ0v) is 28.1. The van der Waals surface area contributed by atoms with Crippen molar-refractivity contribution >= 4 is 65.3 Å². The molecule has 0 bridgehead atoms. The number of fused-ring (bicyclic) bond motifs is 9. The summed E-state index contributed by atoms with van der Waals surface area (Å²) >= 11 is 0. The third-order valence-corrected chi connectivity index (χ3v) is 10.5. The minimum Gasteiger partial charge on any atom is -0.309 e. The number of hydrogen-bond donors (Lipinski definition) is 0. The minimum absolute atomic E-state index is 0.715. The fourth-order valence-electron chi connectivity index (χ4n) is 8.14. The Kier molecular flexibility index (Phi) is 6.22. The minimum atomic E-state index is 0.715. The van der Waals surface area contributed by atoms with Crippen LogP contribution >= 0.6 is 0 Å². The predicted molar refractivity (Wildman–Crippen MR) is 217 cm³/mol. The predicted octanol–water partition coefficient (Wildman–Crippen LogP) is 12.3. The van der Waals surface area contributed by atoms with Crippen LogP contribution in [0.2, 0.25) is 0 Å². The quantitative estimate of drug-likeness (QED) is 0.188. The van der Waals surface area contributed by atoms with Gasteiger partial charge < -0.3 is 9.13 Å². The first kappa shape index (κ1) is 28.8. The number of hydrogen-bond acceptors (Lipinski definition) is 2. The van der Waals surface area contributed by atoms with Gasteiger partial charge in [0.1, 0.15) is 0 Å². The molecule has 0 saturated carbocycles. The largest absolute Gasteiger partial charge is 0.309 e. The van der Waals surface area contributed by atoms with Gasteiger partial charge in [-0.05, 0) is 66.0 Å². The Balaban J connectivity index is 1.17. The maximum atomic E-state index is 5.14. The molecule has 0 saturated heterocycles. The van der Waals surface area contributed by atoms with E-state index in [2.05, 4.69) is 179 Å². The van der Waals surface area contributed by atoms with Gasteiger partial charge in [-0.3, -0.25) is 0 Å². The van der Waals surface area contributed by atoms with E-state index in [-0.39, 0.29) is 0 Å². The molecule has 0 fully saturated rings. The van der Waals surface area contributed by atoms with E-state index in [0.29, 0.717) is 5.82 Å². The van der Waals surface area contributed by atoms with E-state index in [1.807, 2.05) is 12.1 Å². The Morgan fingerprint density at radius 2 is 0.962 bits per heavy atom. The van der Waals surface area contributed by atoms with Crippen LogP contribution in [0.4, 0.5) is 0 Å². The third-order valence-electron chi connectivity index (χ3n) is 10.5. The lowest BCUT2D eigenvalue weighted by atomic mass is 10.0. The fourth-order valence-corrected chi connectivity index (χ4v) is 8.14. The van der Waals surface area contributed by atoms with Crippen LogP contribution in [0.15, 0.2) is 182 Å². The molecule has 8 aromatic carbocycles. The zero-order valence-electron chi connectivity index (χ0n) is 28.1. The molecule has 0 unspecified atom stereocenters. The fraction of sp³-hybridized carbons (Fsp3) is 0. The van der Waals surface area contributed by atoms with Gasteiger partial charge in [-0.2, -0.15) is 0 Å². The molecule has 0 aliphatic carbocycles. The summed E-state index contributed by atoms with van der Waals surface area (Å²) < 4.78 is 4.85. The highest BCUT2D eigenvalue weighted by atomic mass is 15.0. The van der Waals surface area contributed by atoms with E-state index in [0.717, 1.165) is 39.1 Å². The van der Waals surface area contributed by atoms with Crippen LogP contribution in [0, 0.1) is 0 Å². The van der Waals surface area contributed by atoms with E-state index in [1.54, 1.807) is 0 Å². The van der Waals surface area contributed by atoms with Gasteiger partial charge in [-0.25, -0.2) is 9.97 Å². The second kappa shape index (κ2) is 11.2. The maximum Gasteiger partial charge on any atom is 0.160 e. The summed E-state index contributed by atoms with van der Waals surface area (Å²) in [7, 11) is 0. The molecule has 0 aliphatic heterocycles. The molecule has 11 rings (SSSR count). The molecular formula is C48H30N4. The van der Waals surface area contributed by atoms with Crippen LogP contribution in [-0.2, 0) is 0 Å². The van der Waals surface area contributed by atoms with Crippen LogP contribution in [-0.4, -0.2) is 19.1 Å². The summed E-state index contributed by atoms with van der Waals surface area (Å²) in [4.78, 5) is 10.2. The Hall–Kier alpha value is -7.04. The van der Waals surface area contributed by atoms with E-state index < -0.39 is 0 Å². The van der Waals surface area contributed by atoms with E-state index in [1.165, 1.54) is 54.4 Å². The van der Waals surface area contributed by atoms with Crippen molar-refractivity contribution in [2.24, 2.45) is 0 Å². The Labute approximate surface area is 299 Å². The molecule has 242 valence electrons. The van der Waals surface area contributed by atoms with Crippen molar-refractivity contribution in [2.75, 3.05) is 0 Å². The Morgan fingerprint density at radius 1 is 0.346 bits per heavy atom. The first-order valence-electron chi connectivity index (χ1n) is 17.7. The van der Waals surface area contributed by atoms with E-state index >= 15 is 0 Å². The zero-order chi connectivity index (χ0) is 34.2. The van der Waals surface area contributed by atoms with Crippen LogP contribution in [0.25, 0.3) is 99.3 Å². The lowest BCUT2D eigenvalue weighted by Gasteiger charge is -2.12. The molecule has 3 aromatic heterocycles. The van der Waals surface area contributed by atoms with Crippen molar-refractivity contribution in [3.8, 4) is 34.0 Å². The van der Waals surface area contributed by atoms with E-state index in [9.17, 15) is 0 Å². The van der Waals surface area contributed by atoms with E-state index in [4.69, 9.17) is 9.97 Å². The molecule has 11 aromatic rings. The number of rotatable bonds is 4. The molecule has 3 heterocycles. The molecule has 0 radical (unpaired) electrons. The van der Waals surface area contributed by atoms with Gasteiger partial charge in [-0.1, -0.05) is 121 Å². The average Bonchev–Trinajstić information content (AvgIpc) is 3.72. The maximum absolute atomic E-state index is 5.14. The summed E-state index contributed by atoms with van der Waals surface area (Å²) in [5.41, 5.74) is 11.0. The van der Waals surface area contributed by atoms with Crippen molar-refractivity contribution in [2.45, 2.75) is 0 Å². The molecule has 4 heteroatoms. The van der Waals surface area contributed by atoms with Crippen LogP contribution in [0.5, 0.6) is 0 Å². The smallest absolute Gasteiger partial charge is 0.160 e. The van der Waals surface area contributed by atoms with Crippen molar-refractivity contribution in [3.63, 3.8) is 0 Å². The van der Waals surface area contributed by atoms with Gasteiger partial charge in [0.2, 0.25) is 0 Å². The van der Waals surface area contributed by atoms with Crippen LogP contribution in [0.3, 0.4) is 0 Å². The number of nitrogens with zero attached hydrogens (tertiary/aromatic N) is 4. The number of aromatic nitrogens is 4. The van der Waals surface area contributed by atoms with Gasteiger partial charge in [0.15, 0.2) is 5.82 Å². The summed E-state index contributed by atoms with van der Waals surface area (Å²) in [5, 5.41) is 8.42. The van der Waals surface area contributed by atoms with Gasteiger partial charge in [0.25, 0.3) is 0 Å². The van der Waals surface area contributed by atoms with Crippen molar-refractivity contribution in [1.82, 2.24) is 19.1 Å². The number of para-hydroxylation sites is 3. The van der Waals surface area contributed by atoms with Gasteiger partial charge in [-0.15, -0.1) is 0 Å². The van der Waals surface area contributed by atoms with Crippen LogP contribution < -0.4 is 0 Å². The molecule has 0 spiro atoms. The number of benzene rings is 8.